The molecular formula is C14H15ClN2. The molecule has 0 fully saturated rings. The van der Waals surface area contributed by atoms with E-state index in [1.54, 1.807) is 0 Å². The first-order chi connectivity index (χ1) is 8.20. The second-order valence-corrected chi connectivity index (χ2v) is 4.44. The van der Waals surface area contributed by atoms with Crippen molar-refractivity contribution in [3.63, 3.8) is 0 Å². The SMILES string of the molecule is CNC(c1ccc(Cl)cc1)c1ccnc(C)c1. The summed E-state index contributed by atoms with van der Waals surface area (Å²) in [5.41, 5.74) is 3.43. The van der Waals surface area contributed by atoms with Crippen LogP contribution < -0.4 is 5.32 Å². The van der Waals surface area contributed by atoms with Gasteiger partial charge in [0.1, 0.15) is 0 Å². The monoisotopic (exact) mass is 246 g/mol. The third-order valence-electron chi connectivity index (χ3n) is 2.75. The van der Waals surface area contributed by atoms with E-state index in [0.717, 1.165) is 10.7 Å². The first-order valence-electron chi connectivity index (χ1n) is 5.56. The zero-order valence-electron chi connectivity index (χ0n) is 9.94. The third-order valence-corrected chi connectivity index (χ3v) is 3.00. The summed E-state index contributed by atoms with van der Waals surface area (Å²) in [6.07, 6.45) is 1.84. The molecule has 1 heterocycles. The van der Waals surface area contributed by atoms with Crippen LogP contribution in [0.5, 0.6) is 0 Å². The van der Waals surface area contributed by atoms with Crippen LogP contribution in [0.4, 0.5) is 0 Å². The van der Waals surface area contributed by atoms with E-state index in [4.69, 9.17) is 11.6 Å². The van der Waals surface area contributed by atoms with Gasteiger partial charge in [0, 0.05) is 16.9 Å². The van der Waals surface area contributed by atoms with Crippen LogP contribution in [-0.2, 0) is 0 Å². The molecule has 0 radical (unpaired) electrons. The average molecular weight is 247 g/mol. The summed E-state index contributed by atoms with van der Waals surface area (Å²) in [5, 5.41) is 4.07. The van der Waals surface area contributed by atoms with E-state index in [-0.39, 0.29) is 6.04 Å². The Labute approximate surface area is 107 Å². The molecule has 2 nitrogen and oxygen atoms in total. The Bertz CT molecular complexity index is 494. The normalized spacial score (nSPS) is 12.4. The summed E-state index contributed by atoms with van der Waals surface area (Å²) in [6.45, 7) is 2.00. The van der Waals surface area contributed by atoms with Crippen LogP contribution in [0.25, 0.3) is 0 Å². The maximum atomic E-state index is 5.90. The molecular weight excluding hydrogens is 232 g/mol. The van der Waals surface area contributed by atoms with Crippen molar-refractivity contribution >= 4 is 11.6 Å². The molecule has 0 aliphatic carbocycles. The van der Waals surface area contributed by atoms with Gasteiger partial charge < -0.3 is 5.32 Å². The molecule has 0 spiro atoms. The Morgan fingerprint density at radius 3 is 2.41 bits per heavy atom. The zero-order valence-corrected chi connectivity index (χ0v) is 10.7. The minimum atomic E-state index is 0.175. The van der Waals surface area contributed by atoms with Crippen LogP contribution in [-0.4, -0.2) is 12.0 Å². The Morgan fingerprint density at radius 1 is 1.12 bits per heavy atom. The molecule has 1 N–H and O–H groups in total. The predicted octanol–water partition coefficient (Wildman–Crippen LogP) is 3.35. The minimum absolute atomic E-state index is 0.175. The lowest BCUT2D eigenvalue weighted by molar-refractivity contribution is 0.690. The van der Waals surface area contributed by atoms with E-state index in [1.165, 1.54) is 11.1 Å². The molecule has 1 atom stereocenters. The molecule has 2 aromatic rings. The van der Waals surface area contributed by atoms with Crippen LogP contribution in [0.3, 0.4) is 0 Å². The molecule has 17 heavy (non-hydrogen) atoms. The van der Waals surface area contributed by atoms with Crippen LogP contribution in [0, 0.1) is 6.92 Å². The van der Waals surface area contributed by atoms with Crippen molar-refractivity contribution in [3.05, 3.63) is 64.4 Å². The Kier molecular flexibility index (Phi) is 3.77. The highest BCUT2D eigenvalue weighted by Gasteiger charge is 2.11. The quantitative estimate of drug-likeness (QED) is 0.899. The smallest absolute Gasteiger partial charge is 0.0575 e. The highest BCUT2D eigenvalue weighted by atomic mass is 35.5. The summed E-state index contributed by atoms with van der Waals surface area (Å²) >= 11 is 5.90. The lowest BCUT2D eigenvalue weighted by Crippen LogP contribution is -2.17. The van der Waals surface area contributed by atoms with Crippen molar-refractivity contribution in [3.8, 4) is 0 Å². The molecule has 0 aliphatic heterocycles. The number of nitrogens with zero attached hydrogens (tertiary/aromatic N) is 1. The molecule has 1 unspecified atom stereocenters. The topological polar surface area (TPSA) is 24.9 Å². The standard InChI is InChI=1S/C14H15ClN2/c1-10-9-12(7-8-17-10)14(16-2)11-3-5-13(15)6-4-11/h3-9,14,16H,1-2H3. The molecule has 0 aliphatic rings. The largest absolute Gasteiger partial charge is 0.309 e. The molecule has 0 bridgehead atoms. The lowest BCUT2D eigenvalue weighted by atomic mass is 9.99. The van der Waals surface area contributed by atoms with Crippen LogP contribution >= 0.6 is 11.6 Å². The van der Waals surface area contributed by atoms with Crippen molar-refractivity contribution in [2.75, 3.05) is 7.05 Å². The van der Waals surface area contributed by atoms with Gasteiger partial charge in [-0.15, -0.1) is 0 Å². The van der Waals surface area contributed by atoms with Crippen molar-refractivity contribution < 1.29 is 0 Å². The Hall–Kier alpha value is -1.38. The van der Waals surface area contributed by atoms with Gasteiger partial charge in [0.2, 0.25) is 0 Å². The van der Waals surface area contributed by atoms with Gasteiger partial charge in [0.15, 0.2) is 0 Å². The summed E-state index contributed by atoms with van der Waals surface area (Å²) < 4.78 is 0. The fraction of sp³-hybridized carbons (Fsp3) is 0.214. The second kappa shape index (κ2) is 5.30. The first-order valence-corrected chi connectivity index (χ1v) is 5.94. The van der Waals surface area contributed by atoms with Crippen molar-refractivity contribution in [1.29, 1.82) is 0 Å². The maximum Gasteiger partial charge on any atom is 0.0575 e. The van der Waals surface area contributed by atoms with Gasteiger partial charge in [-0.3, -0.25) is 4.98 Å². The molecule has 88 valence electrons. The molecule has 2 rings (SSSR count). The third kappa shape index (κ3) is 2.84. The zero-order chi connectivity index (χ0) is 12.3. The molecule has 1 aromatic carbocycles. The van der Waals surface area contributed by atoms with Crippen LogP contribution in [0.1, 0.15) is 22.9 Å². The highest BCUT2D eigenvalue weighted by molar-refractivity contribution is 6.30. The van der Waals surface area contributed by atoms with E-state index in [0.29, 0.717) is 0 Å². The van der Waals surface area contributed by atoms with Crippen molar-refractivity contribution in [1.82, 2.24) is 10.3 Å². The van der Waals surface area contributed by atoms with E-state index < -0.39 is 0 Å². The van der Waals surface area contributed by atoms with Crippen molar-refractivity contribution in [2.24, 2.45) is 0 Å². The Morgan fingerprint density at radius 2 is 1.82 bits per heavy atom. The average Bonchev–Trinajstić information content (AvgIpc) is 2.33. The number of nitrogens with one attached hydrogen (secondary N) is 1. The van der Waals surface area contributed by atoms with E-state index in [1.807, 2.05) is 50.5 Å². The summed E-state index contributed by atoms with van der Waals surface area (Å²) in [6, 6.07) is 12.2. The molecule has 3 heteroatoms. The Balaban J connectivity index is 2.36. The lowest BCUT2D eigenvalue weighted by Gasteiger charge is -2.17. The molecule has 0 saturated carbocycles. The second-order valence-electron chi connectivity index (χ2n) is 4.00. The number of hydrogen-bond donors (Lipinski definition) is 1. The van der Waals surface area contributed by atoms with E-state index in [9.17, 15) is 0 Å². The summed E-state index contributed by atoms with van der Waals surface area (Å²) in [5.74, 6) is 0. The fourth-order valence-corrected chi connectivity index (χ4v) is 2.05. The fourth-order valence-electron chi connectivity index (χ4n) is 1.93. The van der Waals surface area contributed by atoms with Gasteiger partial charge in [-0.25, -0.2) is 0 Å². The number of rotatable bonds is 3. The predicted molar refractivity (Wildman–Crippen MR) is 71.3 cm³/mol. The molecule has 0 amide bonds. The number of aromatic nitrogens is 1. The summed E-state index contributed by atoms with van der Waals surface area (Å²) in [4.78, 5) is 4.22. The number of pyridine rings is 1. The number of hydrogen-bond acceptors (Lipinski definition) is 2. The van der Waals surface area contributed by atoms with Gasteiger partial charge >= 0.3 is 0 Å². The van der Waals surface area contributed by atoms with Gasteiger partial charge in [0.05, 0.1) is 6.04 Å². The summed E-state index contributed by atoms with van der Waals surface area (Å²) in [7, 11) is 1.95. The van der Waals surface area contributed by atoms with Crippen molar-refractivity contribution in [2.45, 2.75) is 13.0 Å². The van der Waals surface area contributed by atoms with Crippen LogP contribution in [0.15, 0.2) is 42.6 Å². The number of halogens is 1. The minimum Gasteiger partial charge on any atom is -0.309 e. The van der Waals surface area contributed by atoms with Crippen LogP contribution in [0.2, 0.25) is 5.02 Å². The van der Waals surface area contributed by atoms with E-state index >= 15 is 0 Å². The highest BCUT2D eigenvalue weighted by Crippen LogP contribution is 2.23. The first kappa shape index (κ1) is 12.1. The molecule has 0 saturated heterocycles. The van der Waals surface area contributed by atoms with Gasteiger partial charge in [-0.1, -0.05) is 23.7 Å². The maximum absolute atomic E-state index is 5.90. The van der Waals surface area contributed by atoms with Gasteiger partial charge in [-0.05, 0) is 49.4 Å². The van der Waals surface area contributed by atoms with Gasteiger partial charge in [-0.2, -0.15) is 0 Å². The van der Waals surface area contributed by atoms with E-state index in [2.05, 4.69) is 16.4 Å². The van der Waals surface area contributed by atoms with Gasteiger partial charge in [0.25, 0.3) is 0 Å². The number of aryl methyl sites for hydroxylation is 1. The number of benzene rings is 1. The molecule has 1 aromatic heterocycles.